The SMILES string of the molecule is CCCNCC(=O)NC(C)=C(C)C. The van der Waals surface area contributed by atoms with Gasteiger partial charge in [-0.15, -0.1) is 0 Å². The van der Waals surface area contributed by atoms with Crippen molar-refractivity contribution < 1.29 is 4.79 Å². The fourth-order valence-electron chi connectivity index (χ4n) is 0.757. The summed E-state index contributed by atoms with van der Waals surface area (Å²) in [5.74, 6) is 0.0344. The van der Waals surface area contributed by atoms with E-state index in [2.05, 4.69) is 17.6 Å². The maximum atomic E-state index is 11.2. The van der Waals surface area contributed by atoms with E-state index in [4.69, 9.17) is 0 Å². The molecule has 0 fully saturated rings. The van der Waals surface area contributed by atoms with Crippen LogP contribution in [0.25, 0.3) is 0 Å². The third-order valence-electron chi connectivity index (χ3n) is 1.79. The van der Waals surface area contributed by atoms with Crippen LogP contribution in [0.5, 0.6) is 0 Å². The molecule has 76 valence electrons. The van der Waals surface area contributed by atoms with Crippen molar-refractivity contribution in [1.29, 1.82) is 0 Å². The molecule has 3 heteroatoms. The predicted octanol–water partition coefficient (Wildman–Crippen LogP) is 1.42. The molecule has 0 aliphatic heterocycles. The summed E-state index contributed by atoms with van der Waals surface area (Å²) >= 11 is 0. The highest BCUT2D eigenvalue weighted by molar-refractivity contribution is 5.79. The number of nitrogens with one attached hydrogen (secondary N) is 2. The highest BCUT2D eigenvalue weighted by Crippen LogP contribution is 1.96. The molecule has 1 amide bonds. The maximum Gasteiger partial charge on any atom is 0.238 e. The van der Waals surface area contributed by atoms with Crippen LogP contribution in [0.4, 0.5) is 0 Å². The van der Waals surface area contributed by atoms with Gasteiger partial charge in [0.05, 0.1) is 6.54 Å². The van der Waals surface area contributed by atoms with Gasteiger partial charge in [0.15, 0.2) is 0 Å². The van der Waals surface area contributed by atoms with Crippen LogP contribution in [0.2, 0.25) is 0 Å². The average Bonchev–Trinajstić information content (AvgIpc) is 2.04. The molecule has 2 N–H and O–H groups in total. The van der Waals surface area contributed by atoms with Gasteiger partial charge in [0.25, 0.3) is 0 Å². The molecule has 0 aliphatic rings. The third-order valence-corrected chi connectivity index (χ3v) is 1.79. The Hall–Kier alpha value is -0.830. The molecule has 0 aliphatic carbocycles. The van der Waals surface area contributed by atoms with Gasteiger partial charge in [-0.2, -0.15) is 0 Å². The van der Waals surface area contributed by atoms with Crippen LogP contribution in [0.1, 0.15) is 34.1 Å². The molecule has 0 radical (unpaired) electrons. The van der Waals surface area contributed by atoms with Crippen molar-refractivity contribution in [2.45, 2.75) is 34.1 Å². The fraction of sp³-hybridized carbons (Fsp3) is 0.700. The molecule has 0 aromatic carbocycles. The Bertz CT molecular complexity index is 193. The zero-order chi connectivity index (χ0) is 10.3. The third kappa shape index (κ3) is 6.34. The van der Waals surface area contributed by atoms with Crippen molar-refractivity contribution in [3.8, 4) is 0 Å². The normalized spacial score (nSPS) is 9.54. The second-order valence-electron chi connectivity index (χ2n) is 3.35. The molecule has 0 aromatic rings. The topological polar surface area (TPSA) is 41.1 Å². The second kappa shape index (κ2) is 6.66. The molecule has 13 heavy (non-hydrogen) atoms. The van der Waals surface area contributed by atoms with Crippen LogP contribution in [0, 0.1) is 0 Å². The lowest BCUT2D eigenvalue weighted by atomic mass is 10.3. The predicted molar refractivity (Wildman–Crippen MR) is 55.4 cm³/mol. The summed E-state index contributed by atoms with van der Waals surface area (Å²) in [6.07, 6.45) is 1.05. The quantitative estimate of drug-likeness (QED) is 0.634. The van der Waals surface area contributed by atoms with E-state index in [1.54, 1.807) is 0 Å². The smallest absolute Gasteiger partial charge is 0.238 e. The molecule has 0 spiro atoms. The van der Waals surface area contributed by atoms with Gasteiger partial charge in [-0.1, -0.05) is 12.5 Å². The van der Waals surface area contributed by atoms with E-state index < -0.39 is 0 Å². The van der Waals surface area contributed by atoms with Crippen molar-refractivity contribution in [3.63, 3.8) is 0 Å². The summed E-state index contributed by atoms with van der Waals surface area (Å²) < 4.78 is 0. The van der Waals surface area contributed by atoms with Crippen molar-refractivity contribution in [1.82, 2.24) is 10.6 Å². The first-order chi connectivity index (χ1) is 6.07. The minimum Gasteiger partial charge on any atom is -0.329 e. The van der Waals surface area contributed by atoms with Gasteiger partial charge < -0.3 is 10.6 Å². The number of hydrogen-bond acceptors (Lipinski definition) is 2. The van der Waals surface area contributed by atoms with E-state index >= 15 is 0 Å². The van der Waals surface area contributed by atoms with Gasteiger partial charge in [-0.3, -0.25) is 4.79 Å². The summed E-state index contributed by atoms with van der Waals surface area (Å²) in [4.78, 5) is 11.2. The lowest BCUT2D eigenvalue weighted by molar-refractivity contribution is -0.119. The molecular weight excluding hydrogens is 164 g/mol. The average molecular weight is 184 g/mol. The Morgan fingerprint density at radius 3 is 2.31 bits per heavy atom. The van der Waals surface area contributed by atoms with Crippen LogP contribution in [0.3, 0.4) is 0 Å². The monoisotopic (exact) mass is 184 g/mol. The van der Waals surface area contributed by atoms with Gasteiger partial charge in [0.1, 0.15) is 0 Å². The highest BCUT2D eigenvalue weighted by Gasteiger charge is 2.00. The standard InChI is InChI=1S/C10H20N2O/c1-5-6-11-7-10(13)12-9(4)8(2)3/h11H,5-7H2,1-4H3,(H,12,13). The molecule has 0 saturated carbocycles. The first-order valence-electron chi connectivity index (χ1n) is 4.72. The number of carbonyl (C=O) groups excluding carboxylic acids is 1. The highest BCUT2D eigenvalue weighted by atomic mass is 16.1. The largest absolute Gasteiger partial charge is 0.329 e. The van der Waals surface area contributed by atoms with Crippen molar-refractivity contribution in [2.24, 2.45) is 0 Å². The van der Waals surface area contributed by atoms with E-state index in [9.17, 15) is 4.79 Å². The van der Waals surface area contributed by atoms with Crippen LogP contribution in [-0.2, 0) is 4.79 Å². The summed E-state index contributed by atoms with van der Waals surface area (Å²) in [5.41, 5.74) is 2.09. The maximum absolute atomic E-state index is 11.2. The van der Waals surface area contributed by atoms with Gasteiger partial charge in [0.2, 0.25) is 5.91 Å². The van der Waals surface area contributed by atoms with E-state index in [0.29, 0.717) is 6.54 Å². The number of carbonyl (C=O) groups is 1. The number of hydrogen-bond donors (Lipinski definition) is 2. The van der Waals surface area contributed by atoms with Gasteiger partial charge in [-0.25, -0.2) is 0 Å². The van der Waals surface area contributed by atoms with Gasteiger partial charge in [-0.05, 0) is 33.7 Å². The number of rotatable bonds is 5. The Morgan fingerprint density at radius 1 is 1.23 bits per heavy atom. The molecule has 0 unspecified atom stereocenters. The molecule has 0 bridgehead atoms. The number of amides is 1. The molecule has 0 heterocycles. The molecule has 0 rings (SSSR count). The lowest BCUT2D eigenvalue weighted by Crippen LogP contribution is -2.33. The minimum absolute atomic E-state index is 0.0344. The zero-order valence-corrected chi connectivity index (χ0v) is 9.03. The summed E-state index contributed by atoms with van der Waals surface area (Å²) in [6.45, 7) is 9.24. The van der Waals surface area contributed by atoms with Gasteiger partial charge >= 0.3 is 0 Å². The van der Waals surface area contributed by atoms with E-state index in [1.807, 2.05) is 20.8 Å². The van der Waals surface area contributed by atoms with Crippen LogP contribution < -0.4 is 10.6 Å². The van der Waals surface area contributed by atoms with Crippen LogP contribution in [-0.4, -0.2) is 19.0 Å². The first-order valence-corrected chi connectivity index (χ1v) is 4.72. The summed E-state index contributed by atoms with van der Waals surface area (Å²) in [5, 5.41) is 5.86. The molecule has 0 atom stereocenters. The molecular formula is C10H20N2O. The van der Waals surface area contributed by atoms with Crippen molar-refractivity contribution >= 4 is 5.91 Å². The van der Waals surface area contributed by atoms with Crippen LogP contribution >= 0.6 is 0 Å². The number of allylic oxidation sites excluding steroid dienone is 2. The summed E-state index contributed by atoms with van der Waals surface area (Å²) in [7, 11) is 0. The van der Waals surface area contributed by atoms with Crippen molar-refractivity contribution in [3.05, 3.63) is 11.3 Å². The lowest BCUT2D eigenvalue weighted by Gasteiger charge is -2.07. The van der Waals surface area contributed by atoms with E-state index in [-0.39, 0.29) is 5.91 Å². The Kier molecular flexibility index (Phi) is 6.24. The van der Waals surface area contributed by atoms with E-state index in [0.717, 1.165) is 24.2 Å². The fourth-order valence-corrected chi connectivity index (χ4v) is 0.757. The first kappa shape index (κ1) is 12.2. The molecule has 0 saturated heterocycles. The molecule has 0 aromatic heterocycles. The van der Waals surface area contributed by atoms with Gasteiger partial charge in [0, 0.05) is 5.70 Å². The summed E-state index contributed by atoms with van der Waals surface area (Å²) in [6, 6.07) is 0. The minimum atomic E-state index is 0.0344. The molecule has 3 nitrogen and oxygen atoms in total. The Labute approximate surface area is 80.6 Å². The van der Waals surface area contributed by atoms with E-state index in [1.165, 1.54) is 0 Å². The Morgan fingerprint density at radius 2 is 1.85 bits per heavy atom. The Balaban J connectivity index is 3.69. The zero-order valence-electron chi connectivity index (χ0n) is 9.03. The van der Waals surface area contributed by atoms with Crippen molar-refractivity contribution in [2.75, 3.05) is 13.1 Å². The van der Waals surface area contributed by atoms with Crippen LogP contribution in [0.15, 0.2) is 11.3 Å². The second-order valence-corrected chi connectivity index (χ2v) is 3.35.